The van der Waals surface area contributed by atoms with Crippen molar-refractivity contribution < 1.29 is 19.1 Å². The highest BCUT2D eigenvalue weighted by Crippen LogP contribution is 2.07. The Morgan fingerprint density at radius 1 is 1.39 bits per heavy atom. The van der Waals surface area contributed by atoms with Crippen LogP contribution in [-0.2, 0) is 4.79 Å². The molecule has 1 heterocycles. The van der Waals surface area contributed by atoms with Crippen molar-refractivity contribution in [3.05, 3.63) is 24.3 Å². The van der Waals surface area contributed by atoms with Crippen molar-refractivity contribution in [1.82, 2.24) is 10.3 Å². The first-order valence-electron chi connectivity index (χ1n) is 5.31. The van der Waals surface area contributed by atoms with Crippen molar-refractivity contribution in [3.63, 3.8) is 0 Å². The molecule has 7 heteroatoms. The summed E-state index contributed by atoms with van der Waals surface area (Å²) in [6, 6.07) is -0.646. The highest BCUT2D eigenvalue weighted by Gasteiger charge is 2.23. The molecule has 6 nitrogen and oxygen atoms in total. The van der Waals surface area contributed by atoms with E-state index in [1.54, 1.807) is 13.8 Å². The molecule has 0 aliphatic heterocycles. The Morgan fingerprint density at radius 3 is 2.56 bits per heavy atom. The van der Waals surface area contributed by atoms with Crippen LogP contribution in [0.1, 0.15) is 13.8 Å². The fourth-order valence-electron chi connectivity index (χ4n) is 1.30. The molecule has 0 bridgehead atoms. The Labute approximate surface area is 103 Å². The summed E-state index contributed by atoms with van der Waals surface area (Å²) < 4.78 is 12.8. The number of carboxylic acids is 1. The quantitative estimate of drug-likeness (QED) is 0.759. The SMILES string of the molecule is CC(C)C(NC(=O)Nc1cncc(F)c1)C(=O)O. The van der Waals surface area contributed by atoms with Crippen LogP contribution >= 0.6 is 0 Å². The van der Waals surface area contributed by atoms with Gasteiger partial charge in [0.2, 0.25) is 0 Å². The third kappa shape index (κ3) is 4.00. The third-order valence-corrected chi connectivity index (χ3v) is 2.18. The second-order valence-electron chi connectivity index (χ2n) is 4.05. The molecule has 1 aromatic rings. The van der Waals surface area contributed by atoms with Crippen LogP contribution in [-0.4, -0.2) is 28.1 Å². The number of hydrogen-bond acceptors (Lipinski definition) is 3. The number of carbonyl (C=O) groups is 2. The van der Waals surface area contributed by atoms with Crippen molar-refractivity contribution in [2.45, 2.75) is 19.9 Å². The number of carbonyl (C=O) groups excluding carboxylic acids is 1. The van der Waals surface area contributed by atoms with Gasteiger partial charge in [-0.3, -0.25) is 4.98 Å². The lowest BCUT2D eigenvalue weighted by molar-refractivity contribution is -0.140. The highest BCUT2D eigenvalue weighted by molar-refractivity contribution is 5.92. The van der Waals surface area contributed by atoms with E-state index in [-0.39, 0.29) is 11.6 Å². The Morgan fingerprint density at radius 2 is 2.06 bits per heavy atom. The van der Waals surface area contributed by atoms with Gasteiger partial charge in [-0.15, -0.1) is 0 Å². The molecule has 0 saturated carbocycles. The number of nitrogens with zero attached hydrogens (tertiary/aromatic N) is 1. The van der Waals surface area contributed by atoms with Gasteiger partial charge < -0.3 is 15.7 Å². The number of aliphatic carboxylic acids is 1. The number of aromatic nitrogens is 1. The molecule has 1 aromatic heterocycles. The van der Waals surface area contributed by atoms with Crippen molar-refractivity contribution in [3.8, 4) is 0 Å². The van der Waals surface area contributed by atoms with Crippen molar-refractivity contribution in [2.24, 2.45) is 5.92 Å². The second kappa shape index (κ2) is 5.95. The summed E-state index contributed by atoms with van der Waals surface area (Å²) in [5.74, 6) is -1.98. The lowest BCUT2D eigenvalue weighted by Gasteiger charge is -2.18. The van der Waals surface area contributed by atoms with Crippen LogP contribution in [0.3, 0.4) is 0 Å². The zero-order valence-corrected chi connectivity index (χ0v) is 9.98. The summed E-state index contributed by atoms with van der Waals surface area (Å²) in [7, 11) is 0. The first-order chi connectivity index (χ1) is 8.40. The van der Waals surface area contributed by atoms with E-state index in [2.05, 4.69) is 15.6 Å². The van der Waals surface area contributed by atoms with Crippen molar-refractivity contribution >= 4 is 17.7 Å². The molecule has 0 radical (unpaired) electrons. The Balaban J connectivity index is 2.63. The summed E-state index contributed by atoms with van der Waals surface area (Å²) in [6.07, 6.45) is 2.26. The van der Waals surface area contributed by atoms with Gasteiger partial charge in [0, 0.05) is 6.07 Å². The zero-order chi connectivity index (χ0) is 13.7. The van der Waals surface area contributed by atoms with E-state index in [0.717, 1.165) is 12.3 Å². The number of halogens is 1. The minimum atomic E-state index is -1.13. The molecule has 3 N–H and O–H groups in total. The molecule has 1 atom stereocenters. The van der Waals surface area contributed by atoms with Gasteiger partial charge in [0.15, 0.2) is 0 Å². The Hall–Kier alpha value is -2.18. The van der Waals surface area contributed by atoms with Crippen molar-refractivity contribution in [1.29, 1.82) is 0 Å². The maximum absolute atomic E-state index is 12.8. The molecular formula is C11H14FN3O3. The number of carboxylic acid groups (broad SMARTS) is 1. The maximum Gasteiger partial charge on any atom is 0.326 e. The molecule has 1 rings (SSSR count). The van der Waals surface area contributed by atoms with Crippen LogP contribution in [0.4, 0.5) is 14.9 Å². The standard InChI is InChI=1S/C11H14FN3O3/c1-6(2)9(10(16)17)15-11(18)14-8-3-7(12)4-13-5-8/h3-6,9H,1-2H3,(H,16,17)(H2,14,15,18). The van der Waals surface area contributed by atoms with Crippen LogP contribution in [0, 0.1) is 11.7 Å². The number of rotatable bonds is 4. The fraction of sp³-hybridized carbons (Fsp3) is 0.364. The van der Waals surface area contributed by atoms with Gasteiger partial charge in [0.1, 0.15) is 11.9 Å². The summed E-state index contributed by atoms with van der Waals surface area (Å²) in [5, 5.41) is 13.5. The van der Waals surface area contributed by atoms with Crippen LogP contribution in [0.5, 0.6) is 0 Å². The highest BCUT2D eigenvalue weighted by atomic mass is 19.1. The molecular weight excluding hydrogens is 241 g/mol. The minimum absolute atomic E-state index is 0.153. The van der Waals surface area contributed by atoms with Crippen LogP contribution < -0.4 is 10.6 Å². The number of anilines is 1. The monoisotopic (exact) mass is 255 g/mol. The van der Waals surface area contributed by atoms with Crippen molar-refractivity contribution in [2.75, 3.05) is 5.32 Å². The zero-order valence-electron chi connectivity index (χ0n) is 9.98. The summed E-state index contributed by atoms with van der Waals surface area (Å²) >= 11 is 0. The smallest absolute Gasteiger partial charge is 0.326 e. The van der Waals surface area contributed by atoms with E-state index in [9.17, 15) is 14.0 Å². The van der Waals surface area contributed by atoms with Gasteiger partial charge in [-0.2, -0.15) is 0 Å². The Kier molecular flexibility index (Phi) is 4.59. The van der Waals surface area contributed by atoms with E-state index < -0.39 is 23.9 Å². The fourth-order valence-corrected chi connectivity index (χ4v) is 1.30. The summed E-state index contributed by atoms with van der Waals surface area (Å²) in [5.41, 5.74) is 0.153. The van der Waals surface area contributed by atoms with Gasteiger partial charge in [-0.05, 0) is 5.92 Å². The van der Waals surface area contributed by atoms with E-state index >= 15 is 0 Å². The third-order valence-electron chi connectivity index (χ3n) is 2.18. The first kappa shape index (κ1) is 13.9. The molecule has 0 aromatic carbocycles. The number of hydrogen-bond donors (Lipinski definition) is 3. The minimum Gasteiger partial charge on any atom is -0.480 e. The molecule has 0 aliphatic rings. The average molecular weight is 255 g/mol. The predicted molar refractivity (Wildman–Crippen MR) is 62.6 cm³/mol. The molecule has 0 aliphatic carbocycles. The van der Waals surface area contributed by atoms with Crippen LogP contribution in [0.2, 0.25) is 0 Å². The lowest BCUT2D eigenvalue weighted by Crippen LogP contribution is -2.46. The first-order valence-corrected chi connectivity index (χ1v) is 5.31. The molecule has 18 heavy (non-hydrogen) atoms. The van der Waals surface area contributed by atoms with E-state index in [1.165, 1.54) is 6.20 Å². The number of pyridine rings is 1. The second-order valence-corrected chi connectivity index (χ2v) is 4.05. The number of nitrogens with one attached hydrogen (secondary N) is 2. The topological polar surface area (TPSA) is 91.3 Å². The number of urea groups is 1. The normalized spacial score (nSPS) is 12.0. The molecule has 0 spiro atoms. The van der Waals surface area contributed by atoms with E-state index in [4.69, 9.17) is 5.11 Å². The summed E-state index contributed by atoms with van der Waals surface area (Å²) in [4.78, 5) is 25.9. The Bertz CT molecular complexity index is 451. The largest absolute Gasteiger partial charge is 0.480 e. The number of amides is 2. The average Bonchev–Trinajstić information content (AvgIpc) is 2.25. The van der Waals surface area contributed by atoms with Gasteiger partial charge in [-0.1, -0.05) is 13.8 Å². The summed E-state index contributed by atoms with van der Waals surface area (Å²) in [6.45, 7) is 3.34. The van der Waals surface area contributed by atoms with Crippen LogP contribution in [0.15, 0.2) is 18.5 Å². The molecule has 2 amide bonds. The molecule has 0 fully saturated rings. The van der Waals surface area contributed by atoms with E-state index in [1.807, 2.05) is 0 Å². The molecule has 98 valence electrons. The van der Waals surface area contributed by atoms with Gasteiger partial charge in [0.25, 0.3) is 0 Å². The van der Waals surface area contributed by atoms with Crippen LogP contribution in [0.25, 0.3) is 0 Å². The van der Waals surface area contributed by atoms with E-state index in [0.29, 0.717) is 0 Å². The van der Waals surface area contributed by atoms with Gasteiger partial charge in [0.05, 0.1) is 18.1 Å². The molecule has 1 unspecified atom stereocenters. The lowest BCUT2D eigenvalue weighted by atomic mass is 10.1. The maximum atomic E-state index is 12.8. The van der Waals surface area contributed by atoms with Gasteiger partial charge in [-0.25, -0.2) is 14.0 Å². The van der Waals surface area contributed by atoms with Gasteiger partial charge >= 0.3 is 12.0 Å². The molecule has 0 saturated heterocycles. The predicted octanol–water partition coefficient (Wildman–Crippen LogP) is 1.45.